The summed E-state index contributed by atoms with van der Waals surface area (Å²) in [7, 11) is -3.92. The number of fused-ring (bicyclic) bond motifs is 1. The summed E-state index contributed by atoms with van der Waals surface area (Å²) < 4.78 is 38.3. The number of rotatable bonds is 4. The second-order valence-electron chi connectivity index (χ2n) is 4.50. The molecule has 2 aromatic rings. The van der Waals surface area contributed by atoms with Crippen LogP contribution in [0.15, 0.2) is 33.8 Å². The van der Waals surface area contributed by atoms with Crippen molar-refractivity contribution in [2.24, 2.45) is 5.14 Å². The largest absolute Gasteiger partial charge is 0.486 e. The van der Waals surface area contributed by atoms with E-state index in [0.717, 1.165) is 0 Å². The van der Waals surface area contributed by atoms with Crippen molar-refractivity contribution in [3.8, 4) is 5.75 Å². The Morgan fingerprint density at radius 1 is 1.43 bits per heavy atom. The molecule has 1 amide bonds. The van der Waals surface area contributed by atoms with Crippen molar-refractivity contribution in [3.05, 3.63) is 24.3 Å². The van der Waals surface area contributed by atoms with Gasteiger partial charge < -0.3 is 19.2 Å². The Balaban J connectivity index is 1.85. The number of nitrogens with two attached hydrogens (primary N) is 1. The molecule has 1 unspecified atom stereocenters. The molecular weight excluding hydrogens is 300 g/mol. The first-order chi connectivity index (χ1) is 9.93. The fourth-order valence-electron chi connectivity index (χ4n) is 1.97. The lowest BCUT2D eigenvalue weighted by Crippen LogP contribution is -2.21. The summed E-state index contributed by atoms with van der Waals surface area (Å²) in [6.07, 6.45) is -0.892. The van der Waals surface area contributed by atoms with E-state index in [1.54, 1.807) is 18.2 Å². The van der Waals surface area contributed by atoms with Crippen LogP contribution in [0.2, 0.25) is 0 Å². The van der Waals surface area contributed by atoms with Crippen molar-refractivity contribution in [1.29, 1.82) is 0 Å². The Hall–Kier alpha value is -2.26. The fourth-order valence-corrected chi connectivity index (χ4v) is 2.46. The quantitative estimate of drug-likeness (QED) is 0.851. The molecule has 112 valence electrons. The van der Waals surface area contributed by atoms with Crippen LogP contribution in [-0.4, -0.2) is 33.8 Å². The smallest absolute Gasteiger partial charge is 0.407 e. The number of amides is 1. The van der Waals surface area contributed by atoms with E-state index in [4.69, 9.17) is 19.0 Å². The SMILES string of the molecule is NS(=O)(=O)c1cc2cccc(OCC3CNC(=O)O3)c2o1. The lowest BCUT2D eigenvalue weighted by atomic mass is 10.2. The van der Waals surface area contributed by atoms with Crippen LogP contribution in [0.1, 0.15) is 0 Å². The van der Waals surface area contributed by atoms with E-state index in [0.29, 0.717) is 17.7 Å². The highest BCUT2D eigenvalue weighted by Gasteiger charge is 2.24. The molecule has 0 spiro atoms. The first kappa shape index (κ1) is 13.7. The molecule has 3 rings (SSSR count). The number of carbonyl (C=O) groups excluding carboxylic acids is 1. The summed E-state index contributed by atoms with van der Waals surface area (Å²) >= 11 is 0. The van der Waals surface area contributed by atoms with Gasteiger partial charge >= 0.3 is 6.09 Å². The molecule has 9 heteroatoms. The first-order valence-electron chi connectivity index (χ1n) is 6.06. The standard InChI is InChI=1S/C12H12N2O6S/c13-21(16,17)10-4-7-2-1-3-9(11(7)20-10)18-6-8-5-14-12(15)19-8/h1-4,8H,5-6H2,(H,14,15)(H2,13,16,17). The number of para-hydroxylation sites is 1. The third-order valence-electron chi connectivity index (χ3n) is 2.94. The van der Waals surface area contributed by atoms with E-state index >= 15 is 0 Å². The van der Waals surface area contributed by atoms with Gasteiger partial charge in [0.2, 0.25) is 5.09 Å². The van der Waals surface area contributed by atoms with Crippen molar-refractivity contribution in [1.82, 2.24) is 5.32 Å². The van der Waals surface area contributed by atoms with Crippen molar-refractivity contribution >= 4 is 27.1 Å². The molecule has 3 N–H and O–H groups in total. The van der Waals surface area contributed by atoms with Gasteiger partial charge in [-0.3, -0.25) is 0 Å². The molecule has 0 radical (unpaired) electrons. The monoisotopic (exact) mass is 312 g/mol. The predicted molar refractivity (Wildman–Crippen MR) is 71.4 cm³/mol. The van der Waals surface area contributed by atoms with Gasteiger partial charge in [-0.1, -0.05) is 12.1 Å². The highest BCUT2D eigenvalue weighted by Crippen LogP contribution is 2.30. The molecule has 8 nitrogen and oxygen atoms in total. The van der Waals surface area contributed by atoms with Crippen molar-refractivity contribution in [3.63, 3.8) is 0 Å². The van der Waals surface area contributed by atoms with E-state index in [-0.39, 0.29) is 17.3 Å². The van der Waals surface area contributed by atoms with Crippen LogP contribution < -0.4 is 15.2 Å². The van der Waals surface area contributed by atoms with E-state index in [9.17, 15) is 13.2 Å². The number of alkyl carbamates (subject to hydrolysis) is 1. The predicted octanol–water partition coefficient (Wildman–Crippen LogP) is 0.567. The Labute approximate surface area is 119 Å². The molecular formula is C12H12N2O6S. The van der Waals surface area contributed by atoms with Crippen molar-refractivity contribution in [2.45, 2.75) is 11.2 Å². The summed E-state index contributed by atoms with van der Waals surface area (Å²) in [6.45, 7) is 0.485. The molecule has 0 saturated carbocycles. The maximum atomic E-state index is 11.3. The molecule has 0 bridgehead atoms. The molecule has 1 aliphatic heterocycles. The van der Waals surface area contributed by atoms with Crippen molar-refractivity contribution in [2.75, 3.05) is 13.2 Å². The molecule has 2 heterocycles. The fraction of sp³-hybridized carbons (Fsp3) is 0.250. The van der Waals surface area contributed by atoms with Crippen LogP contribution in [0.3, 0.4) is 0 Å². The van der Waals surface area contributed by atoms with Gasteiger partial charge in [0.15, 0.2) is 17.4 Å². The highest BCUT2D eigenvalue weighted by molar-refractivity contribution is 7.89. The van der Waals surface area contributed by atoms with Gasteiger partial charge in [0.05, 0.1) is 6.54 Å². The zero-order valence-electron chi connectivity index (χ0n) is 10.7. The van der Waals surface area contributed by atoms with Crippen LogP contribution in [-0.2, 0) is 14.8 Å². The number of ether oxygens (including phenoxy) is 2. The maximum absolute atomic E-state index is 11.3. The number of cyclic esters (lactones) is 1. The number of carbonyl (C=O) groups is 1. The Morgan fingerprint density at radius 2 is 2.24 bits per heavy atom. The van der Waals surface area contributed by atoms with Gasteiger partial charge in [0.1, 0.15) is 6.61 Å². The summed E-state index contributed by atoms with van der Waals surface area (Å²) in [6, 6.07) is 6.33. The van der Waals surface area contributed by atoms with Gasteiger partial charge in [-0.15, -0.1) is 0 Å². The molecule has 1 aromatic heterocycles. The van der Waals surface area contributed by atoms with E-state index in [1.807, 2.05) is 0 Å². The number of hydrogen-bond acceptors (Lipinski definition) is 6. The third kappa shape index (κ3) is 2.78. The molecule has 21 heavy (non-hydrogen) atoms. The number of nitrogens with one attached hydrogen (secondary N) is 1. The van der Waals surface area contributed by atoms with E-state index < -0.39 is 22.2 Å². The van der Waals surface area contributed by atoms with Crippen LogP contribution >= 0.6 is 0 Å². The summed E-state index contributed by atoms with van der Waals surface area (Å²) in [4.78, 5) is 10.9. The Kier molecular flexibility index (Phi) is 3.22. The lowest BCUT2D eigenvalue weighted by Gasteiger charge is -2.10. The molecule has 1 fully saturated rings. The maximum Gasteiger partial charge on any atom is 0.407 e. The van der Waals surface area contributed by atoms with Gasteiger partial charge in [-0.25, -0.2) is 18.4 Å². The molecule has 1 aromatic carbocycles. The van der Waals surface area contributed by atoms with Gasteiger partial charge in [0, 0.05) is 11.5 Å². The lowest BCUT2D eigenvalue weighted by molar-refractivity contribution is 0.105. The number of sulfonamides is 1. The molecule has 0 aliphatic carbocycles. The van der Waals surface area contributed by atoms with Crippen LogP contribution in [0, 0.1) is 0 Å². The highest BCUT2D eigenvalue weighted by atomic mass is 32.2. The summed E-state index contributed by atoms with van der Waals surface area (Å²) in [5.74, 6) is 0.352. The second-order valence-corrected chi connectivity index (χ2v) is 6.00. The minimum Gasteiger partial charge on any atom is -0.486 e. The minimum absolute atomic E-state index is 0.128. The average Bonchev–Trinajstić information content (AvgIpc) is 3.01. The van der Waals surface area contributed by atoms with Crippen LogP contribution in [0.5, 0.6) is 5.75 Å². The number of furan rings is 1. The molecule has 1 aliphatic rings. The Morgan fingerprint density at radius 3 is 2.90 bits per heavy atom. The van der Waals surface area contributed by atoms with Gasteiger partial charge in [-0.05, 0) is 6.07 Å². The Bertz CT molecular complexity index is 797. The summed E-state index contributed by atoms with van der Waals surface area (Å²) in [5, 5.41) is 7.76. The van der Waals surface area contributed by atoms with Crippen LogP contribution in [0.25, 0.3) is 11.0 Å². The zero-order valence-corrected chi connectivity index (χ0v) is 11.6. The average molecular weight is 312 g/mol. The third-order valence-corrected chi connectivity index (χ3v) is 3.70. The van der Waals surface area contributed by atoms with Gasteiger partial charge in [-0.2, -0.15) is 0 Å². The number of primary sulfonamides is 1. The topological polar surface area (TPSA) is 121 Å². The normalized spacial score (nSPS) is 18.5. The zero-order chi connectivity index (χ0) is 15.0. The molecule has 1 saturated heterocycles. The van der Waals surface area contributed by atoms with E-state index in [2.05, 4.69) is 5.32 Å². The first-order valence-corrected chi connectivity index (χ1v) is 7.61. The second kappa shape index (κ2) is 4.93. The number of benzene rings is 1. The van der Waals surface area contributed by atoms with Crippen molar-refractivity contribution < 1.29 is 27.1 Å². The minimum atomic E-state index is -3.92. The van der Waals surface area contributed by atoms with Crippen LogP contribution in [0.4, 0.5) is 4.79 Å². The summed E-state index contributed by atoms with van der Waals surface area (Å²) in [5.41, 5.74) is 0.277. The van der Waals surface area contributed by atoms with Gasteiger partial charge in [0.25, 0.3) is 10.0 Å². The van der Waals surface area contributed by atoms with E-state index in [1.165, 1.54) is 6.07 Å². The molecule has 1 atom stereocenters. The number of hydrogen-bond donors (Lipinski definition) is 2.